The zero-order valence-electron chi connectivity index (χ0n) is 20.8. The van der Waals surface area contributed by atoms with Crippen LogP contribution in [-0.4, -0.2) is 65.9 Å². The molecule has 1 N–H and O–H groups in total. The number of piperazine rings is 1. The average molecular weight is 493 g/mol. The van der Waals surface area contributed by atoms with Crippen LogP contribution >= 0.6 is 0 Å². The SMILES string of the molecule is CC(C)c1ccc(NC(=O)N2CCN(CCN(Cc3ccc(F)cc3)C(=O)c3ccco3)CC2)cc1. The predicted molar refractivity (Wildman–Crippen MR) is 137 cm³/mol. The Labute approximate surface area is 211 Å². The van der Waals surface area contributed by atoms with Crippen molar-refractivity contribution in [3.05, 3.63) is 89.6 Å². The molecule has 0 unspecified atom stereocenters. The summed E-state index contributed by atoms with van der Waals surface area (Å²) in [5, 5.41) is 2.98. The molecule has 1 aliphatic heterocycles. The number of hydrogen-bond donors (Lipinski definition) is 1. The molecule has 7 nitrogen and oxygen atoms in total. The van der Waals surface area contributed by atoms with Crippen molar-refractivity contribution >= 4 is 17.6 Å². The number of benzene rings is 2. The number of carbonyl (C=O) groups is 2. The van der Waals surface area contributed by atoms with Gasteiger partial charge in [-0.15, -0.1) is 0 Å². The van der Waals surface area contributed by atoms with Gasteiger partial charge in [0.2, 0.25) is 0 Å². The van der Waals surface area contributed by atoms with Gasteiger partial charge in [-0.25, -0.2) is 9.18 Å². The van der Waals surface area contributed by atoms with Crippen LogP contribution in [0.25, 0.3) is 0 Å². The molecular formula is C28H33FN4O3. The molecule has 3 amide bonds. The van der Waals surface area contributed by atoms with Gasteiger partial charge in [-0.3, -0.25) is 9.69 Å². The summed E-state index contributed by atoms with van der Waals surface area (Å²) in [6.45, 7) is 8.46. The number of nitrogens with one attached hydrogen (secondary N) is 1. The number of urea groups is 1. The van der Waals surface area contributed by atoms with Crippen LogP contribution in [0.5, 0.6) is 0 Å². The van der Waals surface area contributed by atoms with Crippen molar-refractivity contribution in [2.45, 2.75) is 26.3 Å². The third-order valence-corrected chi connectivity index (χ3v) is 6.48. The lowest BCUT2D eigenvalue weighted by Gasteiger charge is -2.35. The molecule has 4 rings (SSSR count). The monoisotopic (exact) mass is 492 g/mol. The Morgan fingerprint density at radius 3 is 2.31 bits per heavy atom. The van der Waals surface area contributed by atoms with Crippen LogP contribution in [0, 0.1) is 5.82 Å². The Kier molecular flexibility index (Phi) is 8.38. The molecule has 1 saturated heterocycles. The van der Waals surface area contributed by atoms with E-state index in [4.69, 9.17) is 4.42 Å². The Bertz CT molecular complexity index is 1120. The summed E-state index contributed by atoms with van der Waals surface area (Å²) in [5.74, 6) is 0.215. The normalized spacial score (nSPS) is 14.2. The summed E-state index contributed by atoms with van der Waals surface area (Å²) in [7, 11) is 0. The van der Waals surface area contributed by atoms with E-state index in [0.29, 0.717) is 38.6 Å². The average Bonchev–Trinajstić information content (AvgIpc) is 3.43. The molecule has 1 fully saturated rings. The molecule has 2 heterocycles. The van der Waals surface area contributed by atoms with E-state index < -0.39 is 0 Å². The van der Waals surface area contributed by atoms with Crippen molar-refractivity contribution < 1.29 is 18.4 Å². The quantitative estimate of drug-likeness (QED) is 0.479. The fourth-order valence-corrected chi connectivity index (χ4v) is 4.21. The third kappa shape index (κ3) is 6.73. The minimum atomic E-state index is -0.308. The molecule has 36 heavy (non-hydrogen) atoms. The van der Waals surface area contributed by atoms with Crippen LogP contribution in [0.2, 0.25) is 0 Å². The molecule has 0 spiro atoms. The zero-order valence-corrected chi connectivity index (χ0v) is 20.8. The Hall–Kier alpha value is -3.65. The van der Waals surface area contributed by atoms with Gasteiger partial charge in [-0.05, 0) is 53.4 Å². The van der Waals surface area contributed by atoms with Gasteiger partial charge in [0.1, 0.15) is 5.82 Å². The summed E-state index contributed by atoms with van der Waals surface area (Å²) >= 11 is 0. The number of anilines is 1. The van der Waals surface area contributed by atoms with E-state index in [9.17, 15) is 14.0 Å². The number of amides is 3. The lowest BCUT2D eigenvalue weighted by Crippen LogP contribution is -2.51. The molecule has 2 aromatic carbocycles. The molecule has 8 heteroatoms. The molecule has 190 valence electrons. The maximum Gasteiger partial charge on any atom is 0.321 e. The van der Waals surface area contributed by atoms with E-state index >= 15 is 0 Å². The first kappa shape index (κ1) is 25.4. The second-order valence-electron chi connectivity index (χ2n) is 9.37. The standard InChI is InChI=1S/C28H33FN4O3/c1-21(2)23-7-11-25(12-8-23)30-28(35)32-16-13-31(14-17-32)15-18-33(27(34)26-4-3-19-36-26)20-22-5-9-24(29)10-6-22/h3-12,19,21H,13-18,20H2,1-2H3,(H,30,35). The van der Waals surface area contributed by atoms with Crippen LogP contribution in [0.4, 0.5) is 14.9 Å². The van der Waals surface area contributed by atoms with Crippen molar-refractivity contribution in [3.8, 4) is 0 Å². The second-order valence-corrected chi connectivity index (χ2v) is 9.37. The summed E-state index contributed by atoms with van der Waals surface area (Å²) in [6.07, 6.45) is 1.48. The first-order valence-electron chi connectivity index (χ1n) is 12.3. The van der Waals surface area contributed by atoms with Crippen LogP contribution in [-0.2, 0) is 6.54 Å². The lowest BCUT2D eigenvalue weighted by molar-refractivity contribution is 0.0673. The van der Waals surface area contributed by atoms with Crippen molar-refractivity contribution in [2.75, 3.05) is 44.6 Å². The van der Waals surface area contributed by atoms with E-state index in [0.717, 1.165) is 24.3 Å². The lowest BCUT2D eigenvalue weighted by atomic mass is 10.0. The van der Waals surface area contributed by atoms with Crippen molar-refractivity contribution in [1.29, 1.82) is 0 Å². The fraction of sp³-hybridized carbons (Fsp3) is 0.357. The maximum absolute atomic E-state index is 13.3. The van der Waals surface area contributed by atoms with Crippen molar-refractivity contribution in [3.63, 3.8) is 0 Å². The molecule has 3 aromatic rings. The minimum absolute atomic E-state index is 0.0992. The number of nitrogens with zero attached hydrogens (tertiary/aromatic N) is 3. The van der Waals surface area contributed by atoms with Gasteiger partial charge in [0.15, 0.2) is 5.76 Å². The van der Waals surface area contributed by atoms with E-state index in [1.807, 2.05) is 29.2 Å². The Morgan fingerprint density at radius 2 is 1.69 bits per heavy atom. The van der Waals surface area contributed by atoms with Gasteiger partial charge in [-0.2, -0.15) is 0 Å². The van der Waals surface area contributed by atoms with Crippen LogP contribution in [0.15, 0.2) is 71.3 Å². The topological polar surface area (TPSA) is 69.0 Å². The number of furan rings is 1. The molecule has 0 saturated carbocycles. The zero-order chi connectivity index (χ0) is 25.5. The highest BCUT2D eigenvalue weighted by molar-refractivity contribution is 5.91. The number of halogens is 1. The molecule has 0 bridgehead atoms. The van der Waals surface area contributed by atoms with Crippen molar-refractivity contribution in [2.24, 2.45) is 0 Å². The van der Waals surface area contributed by atoms with Crippen LogP contribution in [0.1, 0.15) is 41.4 Å². The van der Waals surface area contributed by atoms with Gasteiger partial charge < -0.3 is 19.5 Å². The van der Waals surface area contributed by atoms with E-state index in [1.54, 1.807) is 29.2 Å². The van der Waals surface area contributed by atoms with Gasteiger partial charge in [0, 0.05) is 51.5 Å². The first-order valence-corrected chi connectivity index (χ1v) is 12.3. The number of carbonyl (C=O) groups excluding carboxylic acids is 2. The Morgan fingerprint density at radius 1 is 1.00 bits per heavy atom. The summed E-state index contributed by atoms with van der Waals surface area (Å²) in [4.78, 5) is 31.5. The number of hydrogen-bond acceptors (Lipinski definition) is 4. The number of rotatable bonds is 8. The predicted octanol–water partition coefficient (Wildman–Crippen LogP) is 5.03. The molecule has 0 atom stereocenters. The maximum atomic E-state index is 13.3. The van der Waals surface area contributed by atoms with Gasteiger partial charge in [0.05, 0.1) is 6.26 Å². The first-order chi connectivity index (χ1) is 17.4. The molecule has 0 aliphatic carbocycles. The third-order valence-electron chi connectivity index (χ3n) is 6.48. The highest BCUT2D eigenvalue weighted by atomic mass is 19.1. The highest BCUT2D eigenvalue weighted by Crippen LogP contribution is 2.18. The van der Waals surface area contributed by atoms with Crippen LogP contribution < -0.4 is 5.32 Å². The van der Waals surface area contributed by atoms with E-state index in [-0.39, 0.29) is 23.5 Å². The molecule has 1 aliphatic rings. The Balaban J connectivity index is 1.29. The van der Waals surface area contributed by atoms with Gasteiger partial charge >= 0.3 is 6.03 Å². The summed E-state index contributed by atoms with van der Waals surface area (Å²) in [6, 6.07) is 17.4. The minimum Gasteiger partial charge on any atom is -0.459 e. The highest BCUT2D eigenvalue weighted by Gasteiger charge is 2.24. The largest absolute Gasteiger partial charge is 0.459 e. The summed E-state index contributed by atoms with van der Waals surface area (Å²) in [5.41, 5.74) is 2.87. The van der Waals surface area contributed by atoms with E-state index in [1.165, 1.54) is 24.0 Å². The van der Waals surface area contributed by atoms with Crippen LogP contribution in [0.3, 0.4) is 0 Å². The molecule has 1 aromatic heterocycles. The van der Waals surface area contributed by atoms with Gasteiger partial charge in [0.25, 0.3) is 5.91 Å². The van der Waals surface area contributed by atoms with E-state index in [2.05, 4.69) is 24.1 Å². The fourth-order valence-electron chi connectivity index (χ4n) is 4.21. The smallest absolute Gasteiger partial charge is 0.321 e. The molecular weight excluding hydrogens is 459 g/mol. The molecule has 0 radical (unpaired) electrons. The second kappa shape index (κ2) is 11.9. The van der Waals surface area contributed by atoms with Crippen molar-refractivity contribution in [1.82, 2.24) is 14.7 Å². The van der Waals surface area contributed by atoms with Gasteiger partial charge in [-0.1, -0.05) is 38.1 Å². The summed E-state index contributed by atoms with van der Waals surface area (Å²) < 4.78 is 18.6.